The fourth-order valence-corrected chi connectivity index (χ4v) is 2.87. The summed E-state index contributed by atoms with van der Waals surface area (Å²) in [7, 11) is 0. The van der Waals surface area contributed by atoms with E-state index in [4.69, 9.17) is 0 Å². The summed E-state index contributed by atoms with van der Waals surface area (Å²) in [5.74, 6) is 0. The molecule has 1 aliphatic rings. The van der Waals surface area contributed by atoms with E-state index in [1.54, 1.807) is 11.3 Å². The Hall–Kier alpha value is -0.380. The Labute approximate surface area is 89.0 Å². The Bertz CT molecular complexity index is 263. The second-order valence-corrected chi connectivity index (χ2v) is 5.12. The van der Waals surface area contributed by atoms with Crippen molar-refractivity contribution in [2.45, 2.75) is 31.3 Å². The van der Waals surface area contributed by atoms with Gasteiger partial charge in [0.2, 0.25) is 0 Å². The van der Waals surface area contributed by atoms with Crippen LogP contribution in [-0.4, -0.2) is 23.8 Å². The molecule has 2 N–H and O–H groups in total. The molecule has 1 fully saturated rings. The molecule has 0 spiro atoms. The molecule has 1 saturated heterocycles. The average Bonchev–Trinajstić information content (AvgIpc) is 2.55. The van der Waals surface area contributed by atoms with Crippen LogP contribution in [0.4, 0.5) is 0 Å². The summed E-state index contributed by atoms with van der Waals surface area (Å²) in [4.78, 5) is 1.30. The topological polar surface area (TPSA) is 32.3 Å². The molecule has 1 atom stereocenters. The van der Waals surface area contributed by atoms with Gasteiger partial charge in [0.15, 0.2) is 0 Å². The Kier molecular flexibility index (Phi) is 3.21. The summed E-state index contributed by atoms with van der Waals surface area (Å²) in [6, 6.07) is 4.17. The zero-order chi connectivity index (χ0) is 9.86. The second-order valence-electron chi connectivity index (χ2n) is 4.08. The molecule has 2 nitrogen and oxygen atoms in total. The number of hydrogen-bond donors (Lipinski definition) is 2. The minimum atomic E-state index is -0.464. The predicted octanol–water partition coefficient (Wildman–Crippen LogP) is 1.80. The van der Waals surface area contributed by atoms with Gasteiger partial charge in [-0.3, -0.25) is 0 Å². The summed E-state index contributed by atoms with van der Waals surface area (Å²) < 4.78 is 0. The zero-order valence-electron chi connectivity index (χ0n) is 8.33. The van der Waals surface area contributed by atoms with Crippen LogP contribution >= 0.6 is 11.3 Å². The molecule has 0 amide bonds. The fraction of sp³-hybridized carbons (Fsp3) is 0.636. The fourth-order valence-electron chi connectivity index (χ4n) is 2.03. The minimum Gasteiger partial charge on any atom is -0.389 e. The van der Waals surface area contributed by atoms with Crippen LogP contribution < -0.4 is 5.32 Å². The number of hydrogen-bond acceptors (Lipinski definition) is 3. The Balaban J connectivity index is 1.99. The van der Waals surface area contributed by atoms with Crippen LogP contribution in [0, 0.1) is 0 Å². The molecule has 0 aromatic carbocycles. The molecule has 78 valence electrons. The van der Waals surface area contributed by atoms with Crippen LogP contribution in [0.3, 0.4) is 0 Å². The van der Waals surface area contributed by atoms with Gasteiger partial charge in [0.25, 0.3) is 0 Å². The van der Waals surface area contributed by atoms with E-state index in [9.17, 15) is 5.11 Å². The summed E-state index contributed by atoms with van der Waals surface area (Å²) in [6.45, 7) is 1.99. The summed E-state index contributed by atoms with van der Waals surface area (Å²) >= 11 is 1.74. The normalized spacial score (nSPS) is 28.6. The summed E-state index contributed by atoms with van der Waals surface area (Å²) in [5.41, 5.74) is -0.464. The van der Waals surface area contributed by atoms with Crippen molar-refractivity contribution in [2.24, 2.45) is 0 Å². The molecule has 2 heterocycles. The highest BCUT2D eigenvalue weighted by molar-refractivity contribution is 7.09. The monoisotopic (exact) mass is 211 g/mol. The van der Waals surface area contributed by atoms with Crippen molar-refractivity contribution in [2.75, 3.05) is 13.1 Å². The molecule has 14 heavy (non-hydrogen) atoms. The van der Waals surface area contributed by atoms with Crippen molar-refractivity contribution < 1.29 is 5.11 Å². The summed E-state index contributed by atoms with van der Waals surface area (Å²) in [6.07, 6.45) is 3.72. The number of rotatable bonds is 2. The number of thiophene rings is 1. The standard InChI is InChI=1S/C11H17NOS/c13-11(4-2-6-12-7-5-11)9-10-3-1-8-14-10/h1,3,8,12-13H,2,4-7,9H2. The lowest BCUT2D eigenvalue weighted by Crippen LogP contribution is -2.32. The first-order valence-corrected chi connectivity index (χ1v) is 6.12. The van der Waals surface area contributed by atoms with Crippen LogP contribution in [-0.2, 0) is 6.42 Å². The third-order valence-corrected chi connectivity index (χ3v) is 3.72. The van der Waals surface area contributed by atoms with Crippen LogP contribution in [0.15, 0.2) is 17.5 Å². The molecule has 0 saturated carbocycles. The molecular formula is C11H17NOS. The van der Waals surface area contributed by atoms with E-state index in [-0.39, 0.29) is 0 Å². The molecule has 1 aromatic rings. The predicted molar refractivity (Wildman–Crippen MR) is 59.7 cm³/mol. The van der Waals surface area contributed by atoms with E-state index >= 15 is 0 Å². The third kappa shape index (κ3) is 2.56. The molecular weight excluding hydrogens is 194 g/mol. The first kappa shape index (κ1) is 10.1. The largest absolute Gasteiger partial charge is 0.389 e. The highest BCUT2D eigenvalue weighted by Crippen LogP contribution is 2.26. The lowest BCUT2D eigenvalue weighted by atomic mass is 9.90. The first-order valence-electron chi connectivity index (χ1n) is 5.24. The van der Waals surface area contributed by atoms with Crippen molar-refractivity contribution in [3.05, 3.63) is 22.4 Å². The van der Waals surface area contributed by atoms with Gasteiger partial charge >= 0.3 is 0 Å². The summed E-state index contributed by atoms with van der Waals surface area (Å²) in [5, 5.41) is 15.8. The van der Waals surface area contributed by atoms with E-state index in [0.717, 1.165) is 38.8 Å². The van der Waals surface area contributed by atoms with Crippen LogP contribution in [0.25, 0.3) is 0 Å². The molecule has 1 unspecified atom stereocenters. The molecule has 0 radical (unpaired) electrons. The quantitative estimate of drug-likeness (QED) is 0.782. The Morgan fingerprint density at radius 3 is 3.14 bits per heavy atom. The van der Waals surface area contributed by atoms with Gasteiger partial charge in [0, 0.05) is 11.3 Å². The first-order chi connectivity index (χ1) is 6.79. The Morgan fingerprint density at radius 2 is 2.36 bits per heavy atom. The lowest BCUT2D eigenvalue weighted by Gasteiger charge is -2.25. The van der Waals surface area contributed by atoms with Crippen molar-refractivity contribution in [1.82, 2.24) is 5.32 Å². The van der Waals surface area contributed by atoms with E-state index in [0.29, 0.717) is 0 Å². The van der Waals surface area contributed by atoms with Crippen LogP contribution in [0.2, 0.25) is 0 Å². The van der Waals surface area contributed by atoms with Gasteiger partial charge in [-0.1, -0.05) is 6.07 Å². The second kappa shape index (κ2) is 4.43. The van der Waals surface area contributed by atoms with Crippen molar-refractivity contribution >= 4 is 11.3 Å². The number of aliphatic hydroxyl groups is 1. The number of nitrogens with one attached hydrogen (secondary N) is 1. The highest BCUT2D eigenvalue weighted by atomic mass is 32.1. The van der Waals surface area contributed by atoms with Gasteiger partial charge in [0.05, 0.1) is 5.60 Å². The maximum absolute atomic E-state index is 10.4. The van der Waals surface area contributed by atoms with E-state index in [2.05, 4.69) is 22.8 Å². The maximum Gasteiger partial charge on any atom is 0.0708 e. The van der Waals surface area contributed by atoms with E-state index in [1.165, 1.54) is 4.88 Å². The SMILES string of the molecule is OC1(Cc2cccs2)CCCNCC1. The molecule has 0 aliphatic carbocycles. The molecule has 1 aliphatic heterocycles. The van der Waals surface area contributed by atoms with Crippen molar-refractivity contribution in [3.8, 4) is 0 Å². The van der Waals surface area contributed by atoms with Gasteiger partial charge in [-0.15, -0.1) is 11.3 Å². The molecule has 1 aromatic heterocycles. The van der Waals surface area contributed by atoms with E-state index < -0.39 is 5.60 Å². The van der Waals surface area contributed by atoms with Crippen LogP contribution in [0.1, 0.15) is 24.1 Å². The van der Waals surface area contributed by atoms with Gasteiger partial charge in [0.1, 0.15) is 0 Å². The lowest BCUT2D eigenvalue weighted by molar-refractivity contribution is 0.0292. The highest BCUT2D eigenvalue weighted by Gasteiger charge is 2.28. The Morgan fingerprint density at radius 1 is 1.43 bits per heavy atom. The van der Waals surface area contributed by atoms with Crippen LogP contribution in [0.5, 0.6) is 0 Å². The smallest absolute Gasteiger partial charge is 0.0708 e. The maximum atomic E-state index is 10.4. The van der Waals surface area contributed by atoms with Gasteiger partial charge in [-0.2, -0.15) is 0 Å². The van der Waals surface area contributed by atoms with Gasteiger partial charge in [-0.05, 0) is 43.8 Å². The van der Waals surface area contributed by atoms with Crippen molar-refractivity contribution in [3.63, 3.8) is 0 Å². The third-order valence-electron chi connectivity index (χ3n) is 2.85. The minimum absolute atomic E-state index is 0.464. The van der Waals surface area contributed by atoms with Gasteiger partial charge in [-0.25, -0.2) is 0 Å². The van der Waals surface area contributed by atoms with Crippen molar-refractivity contribution in [1.29, 1.82) is 0 Å². The van der Waals surface area contributed by atoms with Gasteiger partial charge < -0.3 is 10.4 Å². The molecule has 3 heteroatoms. The molecule has 0 bridgehead atoms. The molecule has 2 rings (SSSR count). The van der Waals surface area contributed by atoms with E-state index in [1.807, 2.05) is 0 Å². The average molecular weight is 211 g/mol. The zero-order valence-corrected chi connectivity index (χ0v) is 9.15.